The molecule has 2 heterocycles. The predicted molar refractivity (Wildman–Crippen MR) is 137 cm³/mol. The Morgan fingerprint density at radius 3 is 2.38 bits per heavy atom. The number of likely N-dealkylation sites (tertiary alicyclic amines) is 1. The van der Waals surface area contributed by atoms with Crippen LogP contribution in [0.4, 0.5) is 0 Å². The van der Waals surface area contributed by atoms with Crippen LogP contribution in [0.15, 0.2) is 48.5 Å². The maximum Gasteiger partial charge on any atom is 0.119 e. The molecule has 1 saturated heterocycles. The molecule has 0 N–H and O–H groups in total. The number of fused-ring (bicyclic) bond motifs is 1. The molecule has 0 bridgehead atoms. The Hall–Kier alpha value is -2.35. The average Bonchev–Trinajstić information content (AvgIpc) is 3.43. The second-order valence-corrected chi connectivity index (χ2v) is 10.6. The van der Waals surface area contributed by atoms with Gasteiger partial charge >= 0.3 is 0 Å². The Morgan fingerprint density at radius 2 is 1.65 bits per heavy atom. The fourth-order valence-electron chi connectivity index (χ4n) is 7.27. The maximum absolute atomic E-state index is 8.93. The van der Waals surface area contributed by atoms with Crippen LogP contribution in [0, 0.1) is 23.2 Å². The van der Waals surface area contributed by atoms with Gasteiger partial charge in [0, 0.05) is 13.1 Å². The monoisotopic (exact) mass is 457 g/mol. The van der Waals surface area contributed by atoms with Gasteiger partial charge in [0.1, 0.15) is 5.75 Å². The molecular weight excluding hydrogens is 418 g/mol. The van der Waals surface area contributed by atoms with E-state index in [-0.39, 0.29) is 5.54 Å². The zero-order chi connectivity index (χ0) is 23.4. The molecule has 0 spiro atoms. The lowest BCUT2D eigenvalue weighted by atomic mass is 9.62. The first-order chi connectivity index (χ1) is 16.7. The van der Waals surface area contributed by atoms with Gasteiger partial charge in [0.2, 0.25) is 0 Å². The highest BCUT2D eigenvalue weighted by molar-refractivity contribution is 5.39. The summed E-state index contributed by atoms with van der Waals surface area (Å²) in [4.78, 5) is 5.42. The second kappa shape index (κ2) is 10.5. The molecule has 34 heavy (non-hydrogen) atoms. The van der Waals surface area contributed by atoms with Crippen LogP contribution in [0.5, 0.6) is 5.75 Å². The number of hydrogen-bond acceptors (Lipinski definition) is 4. The summed E-state index contributed by atoms with van der Waals surface area (Å²) >= 11 is 0. The lowest BCUT2D eigenvalue weighted by Crippen LogP contribution is -2.59. The van der Waals surface area contributed by atoms with Crippen LogP contribution in [0.1, 0.15) is 61.6 Å². The van der Waals surface area contributed by atoms with E-state index in [1.54, 1.807) is 11.1 Å². The fraction of sp³-hybridized carbons (Fsp3) is 0.567. The van der Waals surface area contributed by atoms with Crippen LogP contribution >= 0.6 is 0 Å². The van der Waals surface area contributed by atoms with Crippen LogP contribution in [0.2, 0.25) is 0 Å². The van der Waals surface area contributed by atoms with Crippen LogP contribution < -0.4 is 4.74 Å². The van der Waals surface area contributed by atoms with Crippen molar-refractivity contribution in [1.29, 1.82) is 5.26 Å². The van der Waals surface area contributed by atoms with Crippen LogP contribution in [-0.2, 0) is 12.0 Å². The van der Waals surface area contributed by atoms with Crippen LogP contribution in [0.25, 0.3) is 0 Å². The molecule has 0 radical (unpaired) electrons. The van der Waals surface area contributed by atoms with Crippen molar-refractivity contribution in [3.8, 4) is 11.8 Å². The van der Waals surface area contributed by atoms with Gasteiger partial charge in [-0.25, -0.2) is 0 Å². The quantitative estimate of drug-likeness (QED) is 0.507. The third-order valence-corrected chi connectivity index (χ3v) is 8.86. The van der Waals surface area contributed by atoms with Crippen molar-refractivity contribution < 1.29 is 4.74 Å². The molecule has 3 aliphatic rings. The van der Waals surface area contributed by atoms with Crippen molar-refractivity contribution in [2.45, 2.75) is 56.9 Å². The molecule has 180 valence electrons. The number of hydrogen-bond donors (Lipinski definition) is 0. The number of likely N-dealkylation sites (N-methyl/N-ethyl adjacent to an activating group) is 1. The van der Waals surface area contributed by atoms with Gasteiger partial charge in [-0.2, -0.15) is 5.26 Å². The van der Waals surface area contributed by atoms with Gasteiger partial charge in [0.15, 0.2) is 0 Å². The molecule has 2 aromatic rings. The number of nitrogens with zero attached hydrogens (tertiary/aromatic N) is 3. The summed E-state index contributed by atoms with van der Waals surface area (Å²) < 4.78 is 5.91. The van der Waals surface area contributed by atoms with Crippen molar-refractivity contribution in [2.24, 2.45) is 11.8 Å². The van der Waals surface area contributed by atoms with E-state index in [0.29, 0.717) is 5.56 Å². The van der Waals surface area contributed by atoms with Crippen LogP contribution in [-0.4, -0.2) is 49.6 Å². The van der Waals surface area contributed by atoms with Crippen LogP contribution in [0.3, 0.4) is 0 Å². The molecule has 1 atom stereocenters. The molecule has 1 saturated carbocycles. The summed E-state index contributed by atoms with van der Waals surface area (Å²) in [6, 6.07) is 19.0. The minimum atomic E-state index is 0.232. The molecule has 5 rings (SSSR count). The van der Waals surface area contributed by atoms with E-state index in [9.17, 15) is 0 Å². The van der Waals surface area contributed by atoms with Crippen molar-refractivity contribution in [3.05, 3.63) is 65.2 Å². The van der Waals surface area contributed by atoms with Gasteiger partial charge < -0.3 is 9.64 Å². The Morgan fingerprint density at radius 1 is 0.941 bits per heavy atom. The molecule has 2 aromatic carbocycles. The van der Waals surface area contributed by atoms with Gasteiger partial charge in [-0.3, -0.25) is 4.90 Å². The number of rotatable bonds is 7. The van der Waals surface area contributed by atoms with E-state index < -0.39 is 0 Å². The minimum Gasteiger partial charge on any atom is -0.494 e. The molecule has 2 aliphatic heterocycles. The molecule has 1 unspecified atom stereocenters. The first kappa shape index (κ1) is 23.4. The Balaban J connectivity index is 1.21. The number of nitriles is 1. The Bertz CT molecular complexity index is 983. The van der Waals surface area contributed by atoms with E-state index >= 15 is 0 Å². The van der Waals surface area contributed by atoms with Gasteiger partial charge in [-0.05, 0) is 106 Å². The summed E-state index contributed by atoms with van der Waals surface area (Å²) in [5.74, 6) is 2.40. The standard InChI is InChI=1S/C30H39N3O/c1-32-19-15-25-7-2-5-10-29(25)30(32,26-8-3-4-9-26)27-16-20-33(21-17-27)18-6-22-34-28-13-11-24(23-31)12-14-28/h2,5,7,10-14,26-27H,3-4,6,8-9,15-22H2,1H3. The highest BCUT2D eigenvalue weighted by Gasteiger charge is 2.52. The zero-order valence-corrected chi connectivity index (χ0v) is 20.7. The van der Waals surface area contributed by atoms with Gasteiger partial charge in [-0.1, -0.05) is 37.1 Å². The third kappa shape index (κ3) is 4.49. The van der Waals surface area contributed by atoms with Crippen molar-refractivity contribution in [1.82, 2.24) is 9.80 Å². The summed E-state index contributed by atoms with van der Waals surface area (Å²) in [6.45, 7) is 5.43. The second-order valence-electron chi connectivity index (χ2n) is 10.6. The highest BCUT2D eigenvalue weighted by Crippen LogP contribution is 2.54. The third-order valence-electron chi connectivity index (χ3n) is 8.86. The topological polar surface area (TPSA) is 39.5 Å². The summed E-state index contributed by atoms with van der Waals surface area (Å²) in [5, 5.41) is 8.93. The normalized spacial score (nSPS) is 24.6. The van der Waals surface area contributed by atoms with Gasteiger partial charge in [-0.15, -0.1) is 0 Å². The Kier molecular flexibility index (Phi) is 7.23. The maximum atomic E-state index is 8.93. The number of benzene rings is 2. The SMILES string of the molecule is CN1CCc2ccccc2C1(C1CCCC1)C1CCN(CCCOc2ccc(C#N)cc2)CC1. The van der Waals surface area contributed by atoms with Crippen molar-refractivity contribution in [2.75, 3.05) is 39.8 Å². The van der Waals surface area contributed by atoms with Gasteiger partial charge in [0.25, 0.3) is 0 Å². The zero-order valence-electron chi connectivity index (χ0n) is 20.7. The highest BCUT2D eigenvalue weighted by atomic mass is 16.5. The first-order valence-corrected chi connectivity index (χ1v) is 13.4. The van der Waals surface area contributed by atoms with E-state index in [1.165, 1.54) is 64.6 Å². The lowest BCUT2D eigenvalue weighted by molar-refractivity contribution is -0.0390. The Labute approximate surface area is 205 Å². The molecule has 0 amide bonds. The summed E-state index contributed by atoms with van der Waals surface area (Å²) in [7, 11) is 2.42. The fourth-order valence-corrected chi connectivity index (χ4v) is 7.27. The lowest BCUT2D eigenvalue weighted by Gasteiger charge is -2.56. The smallest absolute Gasteiger partial charge is 0.119 e. The van der Waals surface area contributed by atoms with E-state index in [0.717, 1.165) is 37.2 Å². The molecule has 1 aliphatic carbocycles. The number of ether oxygens (including phenoxy) is 1. The molecule has 4 nitrogen and oxygen atoms in total. The van der Waals surface area contributed by atoms with E-state index in [4.69, 9.17) is 10.00 Å². The molecule has 2 fully saturated rings. The first-order valence-electron chi connectivity index (χ1n) is 13.4. The summed E-state index contributed by atoms with van der Waals surface area (Å²) in [6.07, 6.45) is 10.4. The molecule has 4 heteroatoms. The predicted octanol–water partition coefficient (Wildman–Crippen LogP) is 5.61. The average molecular weight is 458 g/mol. The van der Waals surface area contributed by atoms with Crippen molar-refractivity contribution >= 4 is 0 Å². The molecular formula is C30H39N3O. The minimum absolute atomic E-state index is 0.232. The van der Waals surface area contributed by atoms with Crippen molar-refractivity contribution in [3.63, 3.8) is 0 Å². The number of piperidine rings is 1. The van der Waals surface area contributed by atoms with E-state index in [1.807, 2.05) is 24.3 Å². The summed E-state index contributed by atoms with van der Waals surface area (Å²) in [5.41, 5.74) is 4.17. The molecule has 0 aromatic heterocycles. The van der Waals surface area contributed by atoms with Gasteiger partial charge in [0.05, 0.1) is 23.8 Å². The largest absolute Gasteiger partial charge is 0.494 e. The van der Waals surface area contributed by atoms with E-state index in [2.05, 4.69) is 47.2 Å².